The van der Waals surface area contributed by atoms with Crippen LogP contribution in [0.25, 0.3) is 192 Å². The summed E-state index contributed by atoms with van der Waals surface area (Å²) in [4.78, 5) is 21.1. The van der Waals surface area contributed by atoms with Crippen molar-refractivity contribution >= 4 is 120 Å². The average Bonchev–Trinajstić information content (AvgIpc) is 1.66. The second-order valence-electron chi connectivity index (χ2n) is 27.8. The van der Waals surface area contributed by atoms with Crippen LogP contribution in [0.1, 0.15) is 11.1 Å². The van der Waals surface area contributed by atoms with Crippen LogP contribution in [0.15, 0.2) is 376 Å². The van der Waals surface area contributed by atoms with Crippen LogP contribution in [-0.4, -0.2) is 24.5 Å². The Morgan fingerprint density at radius 1 is 0.215 bits per heavy atom. The van der Waals surface area contributed by atoms with Gasteiger partial charge in [0.05, 0.1) is 33.1 Å². The number of rotatable bonds is 7. The quantitative estimate of drug-likeness (QED) is 0.160. The predicted octanol–water partition coefficient (Wildman–Crippen LogP) is 27.2. The Balaban J connectivity index is 0.000000120. The normalized spacial score (nSPS) is 11.7. The van der Waals surface area contributed by atoms with Crippen molar-refractivity contribution in [2.75, 3.05) is 0 Å². The summed E-state index contributed by atoms with van der Waals surface area (Å²) in [5.74, 6) is 0.811. The summed E-state index contributed by atoms with van der Waals surface area (Å²) < 4.78 is 2.33. The smallest absolute Gasteiger partial charge is 0.165 e. The van der Waals surface area contributed by atoms with Gasteiger partial charge in [-0.25, -0.2) is 19.9 Å². The van der Waals surface area contributed by atoms with Gasteiger partial charge in [0.25, 0.3) is 0 Å². The number of halogens is 1. The Morgan fingerprint density at radius 2 is 0.589 bits per heavy atom. The van der Waals surface area contributed by atoms with Gasteiger partial charge in [0, 0.05) is 21.9 Å². The van der Waals surface area contributed by atoms with Crippen molar-refractivity contribution in [2.24, 2.45) is 0 Å². The molecule has 1 aliphatic carbocycles. The van der Waals surface area contributed by atoms with Crippen molar-refractivity contribution in [2.45, 2.75) is 6.42 Å². The highest BCUT2D eigenvalue weighted by Crippen LogP contribution is 2.44. The summed E-state index contributed by atoms with van der Waals surface area (Å²) in [6, 6.07) is 134. The topological polar surface area (TPSA) is 56.5 Å². The van der Waals surface area contributed by atoms with Gasteiger partial charge in [0.1, 0.15) is 11.4 Å². The summed E-state index contributed by atoms with van der Waals surface area (Å²) >= 11 is 6.75. The first kappa shape index (κ1) is 63.0. The Morgan fingerprint density at radius 3 is 1.12 bits per heavy atom. The molecule has 107 heavy (non-hydrogen) atoms. The molecule has 3 heterocycles. The minimum Gasteiger partial charge on any atom is -0.292 e. The summed E-state index contributed by atoms with van der Waals surface area (Å²) in [5.41, 5.74) is 23.8. The van der Waals surface area contributed by atoms with Crippen molar-refractivity contribution in [1.29, 1.82) is 0 Å². The number of nitrogens with zero attached hydrogens (tertiary/aromatic N) is 5. The van der Waals surface area contributed by atoms with Gasteiger partial charge in [-0.2, -0.15) is 0 Å². The zero-order valence-corrected chi connectivity index (χ0v) is 58.9. The average molecular weight is 1380 g/mol. The minimum absolute atomic E-state index is 0.403. The predicted molar refractivity (Wildman–Crippen MR) is 451 cm³/mol. The lowest BCUT2D eigenvalue weighted by atomic mass is 9.92. The Kier molecular flexibility index (Phi) is 15.6. The van der Waals surface area contributed by atoms with Crippen LogP contribution in [0.5, 0.6) is 0 Å². The maximum atomic E-state index is 6.75. The van der Waals surface area contributed by atoms with Crippen LogP contribution < -0.4 is 0 Å². The van der Waals surface area contributed by atoms with E-state index in [1.54, 1.807) is 0 Å². The summed E-state index contributed by atoms with van der Waals surface area (Å²) in [7, 11) is 0. The number of hydrogen-bond acceptors (Lipinski definition) is 4. The number of hydrogen-bond donors (Lipinski definition) is 0. The molecule has 0 fully saturated rings. The molecule has 0 radical (unpaired) electrons. The molecule has 0 aliphatic heterocycles. The SMILES string of the molecule is Clc1nc2cc(-c3ccc4ccccc4c3)c(-c3ccccc3)cc2nc1-c1ccc2ccccc2c1.c1ccc(-c2cc3nc(-c4ccc5ccccc5c4)c(-n4c5ccccc5c5cc6ccccc6cc54)nc3cc2-c2ccc3ccccc3c2)cc1.c1ccc2c(c1)Cc1cc3ccccc3cc1-2. The van der Waals surface area contributed by atoms with E-state index in [1.807, 2.05) is 18.2 Å². The molecule has 0 atom stereocenters. The van der Waals surface area contributed by atoms with Crippen LogP contribution >= 0.6 is 11.6 Å². The van der Waals surface area contributed by atoms with Crippen molar-refractivity contribution < 1.29 is 0 Å². The van der Waals surface area contributed by atoms with Gasteiger partial charge in [-0.05, 0) is 211 Å². The van der Waals surface area contributed by atoms with Gasteiger partial charge in [-0.1, -0.05) is 315 Å². The molecule has 500 valence electrons. The van der Waals surface area contributed by atoms with Crippen LogP contribution in [0.2, 0.25) is 5.15 Å². The summed E-state index contributed by atoms with van der Waals surface area (Å²) in [6.07, 6.45) is 1.08. The maximum absolute atomic E-state index is 6.75. The van der Waals surface area contributed by atoms with Gasteiger partial charge >= 0.3 is 0 Å². The molecule has 1 aliphatic rings. The summed E-state index contributed by atoms with van der Waals surface area (Å²) in [6.45, 7) is 0. The van der Waals surface area contributed by atoms with E-state index in [1.165, 1.54) is 92.3 Å². The molecule has 21 aromatic rings. The van der Waals surface area contributed by atoms with Gasteiger partial charge in [0.2, 0.25) is 0 Å². The highest BCUT2D eigenvalue weighted by molar-refractivity contribution is 6.32. The fraction of sp³-hybridized carbons (Fsp3) is 0.00990. The third kappa shape index (κ3) is 11.6. The number of benzene rings is 18. The van der Waals surface area contributed by atoms with Crippen molar-refractivity contribution in [3.8, 4) is 84.0 Å². The molecule has 6 heteroatoms. The monoisotopic (exact) mass is 1380 g/mol. The molecule has 0 saturated heterocycles. The van der Waals surface area contributed by atoms with Crippen LogP contribution in [0.4, 0.5) is 0 Å². The Bertz CT molecular complexity index is 7120. The minimum atomic E-state index is 0.403. The Labute approximate surface area is 623 Å². The highest BCUT2D eigenvalue weighted by Gasteiger charge is 2.24. The van der Waals surface area contributed by atoms with Gasteiger partial charge in [0.15, 0.2) is 11.0 Å². The zero-order valence-electron chi connectivity index (χ0n) is 58.1. The molecule has 0 unspecified atom stereocenters. The first-order valence-corrected chi connectivity index (χ1v) is 36.7. The fourth-order valence-electron chi connectivity index (χ4n) is 16.0. The Hall–Kier alpha value is -13.7. The van der Waals surface area contributed by atoms with E-state index in [4.69, 9.17) is 31.5 Å². The van der Waals surface area contributed by atoms with E-state index < -0.39 is 0 Å². The third-order valence-corrected chi connectivity index (χ3v) is 21.6. The first-order chi connectivity index (χ1) is 52.9. The largest absolute Gasteiger partial charge is 0.292 e. The molecule has 0 spiro atoms. The standard InChI is InChI=1S/C50H31N3.C34H21ClN2.C17H12/c1-2-14-34(15-3-1)42-30-45-46(31-43(42)39-24-22-32-12-4-6-16-35(32)26-39)52-50(49(51-45)40-25-23-33-13-5-7-17-36(33)27-40)53-47-21-11-10-20-41(47)44-28-37-18-8-9-19-38(37)29-48(44)53;35-34-33(28-17-15-23-9-5-7-13-26(23)19-28)36-31-20-29(24-10-2-1-3-11-24)30(21-32(31)37-34)27-16-14-22-8-4-6-12-25(22)18-27;1-2-6-13-11-17-15(9-12(13)5-1)10-14-7-3-4-8-16(14)17/h1-31H;1-21H;1-9,11H,10H2. The van der Waals surface area contributed by atoms with Crippen LogP contribution in [0.3, 0.4) is 0 Å². The van der Waals surface area contributed by atoms with E-state index in [0.29, 0.717) is 10.8 Å². The van der Waals surface area contributed by atoms with Crippen LogP contribution in [0, 0.1) is 0 Å². The second-order valence-corrected chi connectivity index (χ2v) is 28.1. The van der Waals surface area contributed by atoms with E-state index in [-0.39, 0.29) is 0 Å². The van der Waals surface area contributed by atoms with Gasteiger partial charge in [-0.3, -0.25) is 4.57 Å². The molecule has 22 rings (SSSR count). The maximum Gasteiger partial charge on any atom is 0.165 e. The molecule has 5 nitrogen and oxygen atoms in total. The third-order valence-electron chi connectivity index (χ3n) is 21.3. The molecule has 0 saturated carbocycles. The van der Waals surface area contributed by atoms with E-state index in [0.717, 1.165) is 112 Å². The number of aromatic nitrogens is 5. The van der Waals surface area contributed by atoms with E-state index >= 15 is 0 Å². The first-order valence-electron chi connectivity index (χ1n) is 36.4. The van der Waals surface area contributed by atoms with Crippen molar-refractivity contribution in [3.05, 3.63) is 392 Å². The van der Waals surface area contributed by atoms with Crippen molar-refractivity contribution in [1.82, 2.24) is 24.5 Å². The van der Waals surface area contributed by atoms with Gasteiger partial charge < -0.3 is 0 Å². The number of fused-ring (bicyclic) bond motifs is 14. The molecule has 18 aromatic carbocycles. The molecule has 0 bridgehead atoms. The number of para-hydroxylation sites is 1. The molecule has 0 N–H and O–H groups in total. The lowest BCUT2D eigenvalue weighted by molar-refractivity contribution is 1.08. The van der Waals surface area contributed by atoms with Crippen molar-refractivity contribution in [3.63, 3.8) is 0 Å². The molecular formula is C101H64ClN5. The molecule has 0 amide bonds. The molecular weight excluding hydrogens is 1320 g/mol. The van der Waals surface area contributed by atoms with Gasteiger partial charge in [-0.15, -0.1) is 0 Å². The molecule has 3 aromatic heterocycles. The second kappa shape index (κ2) is 26.5. The zero-order chi connectivity index (χ0) is 70.9. The van der Waals surface area contributed by atoms with E-state index in [2.05, 4.69) is 362 Å². The lowest BCUT2D eigenvalue weighted by Crippen LogP contribution is -2.04. The summed E-state index contributed by atoms with van der Waals surface area (Å²) in [5, 5.41) is 17.4. The lowest BCUT2D eigenvalue weighted by Gasteiger charge is -2.17. The van der Waals surface area contributed by atoms with Crippen LogP contribution in [-0.2, 0) is 6.42 Å². The van der Waals surface area contributed by atoms with E-state index in [9.17, 15) is 0 Å². The fourth-order valence-corrected chi connectivity index (χ4v) is 16.2. The highest BCUT2D eigenvalue weighted by atomic mass is 35.5.